The molecule has 2 aromatic carbocycles. The Labute approximate surface area is 130 Å². The van der Waals surface area contributed by atoms with Crippen molar-refractivity contribution in [2.24, 2.45) is 0 Å². The highest BCUT2D eigenvalue weighted by molar-refractivity contribution is 6.30. The molecule has 112 valence electrons. The fraction of sp³-hybridized carbons (Fsp3) is 0.294. The Hall–Kier alpha value is -1.71. The summed E-state index contributed by atoms with van der Waals surface area (Å²) in [6.45, 7) is 2.58. The Morgan fingerprint density at radius 1 is 1.14 bits per heavy atom. The zero-order chi connectivity index (χ0) is 15.2. The van der Waals surface area contributed by atoms with Gasteiger partial charge in [-0.25, -0.2) is 0 Å². The van der Waals surface area contributed by atoms with E-state index >= 15 is 0 Å². The highest BCUT2D eigenvalue weighted by atomic mass is 35.5. The molecular weight excluding hydrogens is 286 g/mol. The summed E-state index contributed by atoms with van der Waals surface area (Å²) >= 11 is 6.07. The molecule has 0 radical (unpaired) electrons. The standard InChI is InChI=1S/C17H20ClNO2/c1-12(19-2)16-10-14(18)6-9-17(16)21-11-13-4-7-15(20-3)8-5-13/h4-10,12,19H,11H2,1-3H3. The van der Waals surface area contributed by atoms with E-state index in [1.54, 1.807) is 7.11 Å². The highest BCUT2D eigenvalue weighted by Gasteiger charge is 2.11. The van der Waals surface area contributed by atoms with E-state index in [-0.39, 0.29) is 6.04 Å². The van der Waals surface area contributed by atoms with Gasteiger partial charge in [0.2, 0.25) is 0 Å². The molecule has 0 spiro atoms. The van der Waals surface area contributed by atoms with Gasteiger partial charge >= 0.3 is 0 Å². The lowest BCUT2D eigenvalue weighted by Crippen LogP contribution is -2.13. The number of nitrogens with one attached hydrogen (secondary N) is 1. The van der Waals surface area contributed by atoms with Crippen molar-refractivity contribution in [2.75, 3.05) is 14.2 Å². The Morgan fingerprint density at radius 2 is 1.86 bits per heavy atom. The molecule has 3 nitrogen and oxygen atoms in total. The first kappa shape index (κ1) is 15.7. The van der Waals surface area contributed by atoms with Gasteiger partial charge in [0, 0.05) is 16.6 Å². The van der Waals surface area contributed by atoms with Gasteiger partial charge in [-0.1, -0.05) is 23.7 Å². The predicted octanol–water partition coefficient (Wildman–Crippen LogP) is 4.21. The van der Waals surface area contributed by atoms with Crippen LogP contribution < -0.4 is 14.8 Å². The highest BCUT2D eigenvalue weighted by Crippen LogP contribution is 2.29. The van der Waals surface area contributed by atoms with Gasteiger partial charge in [-0.3, -0.25) is 0 Å². The van der Waals surface area contributed by atoms with E-state index in [0.717, 1.165) is 22.6 Å². The molecule has 0 aliphatic rings. The lowest BCUT2D eigenvalue weighted by Gasteiger charge is -2.17. The van der Waals surface area contributed by atoms with Gasteiger partial charge in [-0.05, 0) is 49.9 Å². The number of ether oxygens (including phenoxy) is 2. The van der Waals surface area contributed by atoms with Crippen molar-refractivity contribution >= 4 is 11.6 Å². The Morgan fingerprint density at radius 3 is 2.48 bits per heavy atom. The molecule has 0 aliphatic heterocycles. The molecule has 21 heavy (non-hydrogen) atoms. The fourth-order valence-corrected chi connectivity index (χ4v) is 2.21. The molecule has 0 saturated heterocycles. The summed E-state index contributed by atoms with van der Waals surface area (Å²) < 4.78 is 11.1. The van der Waals surface area contributed by atoms with E-state index in [9.17, 15) is 0 Å². The number of halogens is 1. The number of rotatable bonds is 6. The van der Waals surface area contributed by atoms with Crippen LogP contribution in [0.15, 0.2) is 42.5 Å². The summed E-state index contributed by atoms with van der Waals surface area (Å²) in [5, 5.41) is 3.92. The van der Waals surface area contributed by atoms with Crippen LogP contribution in [0.3, 0.4) is 0 Å². The van der Waals surface area contributed by atoms with Gasteiger partial charge in [0.1, 0.15) is 18.1 Å². The summed E-state index contributed by atoms with van der Waals surface area (Å²) in [4.78, 5) is 0. The molecule has 2 rings (SSSR count). The third-order valence-corrected chi connectivity index (χ3v) is 3.66. The van der Waals surface area contributed by atoms with Crippen LogP contribution >= 0.6 is 11.6 Å². The van der Waals surface area contributed by atoms with E-state index < -0.39 is 0 Å². The number of benzene rings is 2. The average molecular weight is 306 g/mol. The summed E-state index contributed by atoms with van der Waals surface area (Å²) in [6, 6.07) is 13.7. The van der Waals surface area contributed by atoms with Crippen LogP contribution in [0.25, 0.3) is 0 Å². The first-order valence-corrected chi connectivity index (χ1v) is 7.24. The van der Waals surface area contributed by atoms with Crippen LogP contribution in [-0.2, 0) is 6.61 Å². The molecule has 1 N–H and O–H groups in total. The van der Waals surface area contributed by atoms with Crippen LogP contribution in [0.4, 0.5) is 0 Å². The van der Waals surface area contributed by atoms with Crippen molar-refractivity contribution in [3.8, 4) is 11.5 Å². The van der Waals surface area contributed by atoms with Gasteiger partial charge in [-0.15, -0.1) is 0 Å². The molecule has 4 heteroatoms. The van der Waals surface area contributed by atoms with Crippen LogP contribution in [0.5, 0.6) is 11.5 Å². The SMILES string of the molecule is CNC(C)c1cc(Cl)ccc1OCc1ccc(OC)cc1. The van der Waals surface area contributed by atoms with Crippen molar-refractivity contribution in [1.82, 2.24) is 5.32 Å². The number of hydrogen-bond donors (Lipinski definition) is 1. The van der Waals surface area contributed by atoms with Crippen molar-refractivity contribution < 1.29 is 9.47 Å². The average Bonchev–Trinajstić information content (AvgIpc) is 2.53. The third kappa shape index (κ3) is 4.13. The molecular formula is C17H20ClNO2. The summed E-state index contributed by atoms with van der Waals surface area (Å²) in [5.41, 5.74) is 2.15. The normalized spacial score (nSPS) is 12.0. The van der Waals surface area contributed by atoms with Gasteiger partial charge in [-0.2, -0.15) is 0 Å². The molecule has 1 atom stereocenters. The second-order valence-corrected chi connectivity index (χ2v) is 5.27. The van der Waals surface area contributed by atoms with Crippen molar-refractivity contribution in [2.45, 2.75) is 19.6 Å². The third-order valence-electron chi connectivity index (χ3n) is 3.42. The second kappa shape index (κ2) is 7.34. The smallest absolute Gasteiger partial charge is 0.124 e. The van der Waals surface area contributed by atoms with Gasteiger partial charge < -0.3 is 14.8 Å². The number of methoxy groups -OCH3 is 1. The van der Waals surface area contributed by atoms with E-state index in [1.807, 2.05) is 49.5 Å². The molecule has 0 bridgehead atoms. The minimum Gasteiger partial charge on any atom is -0.497 e. The Kier molecular flexibility index (Phi) is 5.48. The fourth-order valence-electron chi connectivity index (χ4n) is 2.03. The topological polar surface area (TPSA) is 30.5 Å². The second-order valence-electron chi connectivity index (χ2n) is 4.83. The van der Waals surface area contributed by atoms with Crippen LogP contribution in [0.2, 0.25) is 5.02 Å². The molecule has 0 saturated carbocycles. The summed E-state index contributed by atoms with van der Waals surface area (Å²) in [6.07, 6.45) is 0. The van der Waals surface area contributed by atoms with Crippen LogP contribution in [0, 0.1) is 0 Å². The molecule has 0 aliphatic carbocycles. The molecule has 0 fully saturated rings. The van der Waals surface area contributed by atoms with Crippen LogP contribution in [0.1, 0.15) is 24.1 Å². The quantitative estimate of drug-likeness (QED) is 0.867. The lowest BCUT2D eigenvalue weighted by atomic mass is 10.1. The predicted molar refractivity (Wildman–Crippen MR) is 86.3 cm³/mol. The Balaban J connectivity index is 2.11. The lowest BCUT2D eigenvalue weighted by molar-refractivity contribution is 0.300. The maximum absolute atomic E-state index is 6.07. The summed E-state index contributed by atoms with van der Waals surface area (Å²) in [7, 11) is 3.57. The Bertz CT molecular complexity index is 584. The van der Waals surface area contributed by atoms with Gasteiger partial charge in [0.15, 0.2) is 0 Å². The first-order chi connectivity index (χ1) is 10.1. The van der Waals surface area contributed by atoms with Crippen molar-refractivity contribution in [1.29, 1.82) is 0 Å². The minimum atomic E-state index is 0.176. The molecule has 0 heterocycles. The van der Waals surface area contributed by atoms with Gasteiger partial charge in [0.25, 0.3) is 0 Å². The van der Waals surface area contributed by atoms with Gasteiger partial charge in [0.05, 0.1) is 7.11 Å². The minimum absolute atomic E-state index is 0.176. The zero-order valence-corrected chi connectivity index (χ0v) is 13.3. The maximum Gasteiger partial charge on any atom is 0.124 e. The largest absolute Gasteiger partial charge is 0.497 e. The van der Waals surface area contributed by atoms with Crippen molar-refractivity contribution in [3.05, 3.63) is 58.6 Å². The zero-order valence-electron chi connectivity index (χ0n) is 12.5. The first-order valence-electron chi connectivity index (χ1n) is 6.86. The summed E-state index contributed by atoms with van der Waals surface area (Å²) in [5.74, 6) is 1.69. The molecule has 0 aromatic heterocycles. The van der Waals surface area contributed by atoms with Crippen LogP contribution in [-0.4, -0.2) is 14.2 Å². The monoisotopic (exact) mass is 305 g/mol. The molecule has 0 amide bonds. The van der Waals surface area contributed by atoms with E-state index in [1.165, 1.54) is 0 Å². The van der Waals surface area contributed by atoms with E-state index in [0.29, 0.717) is 11.6 Å². The van der Waals surface area contributed by atoms with E-state index in [4.69, 9.17) is 21.1 Å². The molecule has 1 unspecified atom stereocenters. The maximum atomic E-state index is 6.07. The number of hydrogen-bond acceptors (Lipinski definition) is 3. The van der Waals surface area contributed by atoms with Crippen molar-refractivity contribution in [3.63, 3.8) is 0 Å². The molecule has 2 aromatic rings. The van der Waals surface area contributed by atoms with E-state index in [2.05, 4.69) is 12.2 Å².